The van der Waals surface area contributed by atoms with E-state index < -0.39 is 10.0 Å². The number of hydrogen-bond donors (Lipinski definition) is 2. The predicted octanol–water partition coefficient (Wildman–Crippen LogP) is 2.76. The minimum absolute atomic E-state index is 0.151. The largest absolute Gasteiger partial charge is 0.310 e. The molecule has 0 radical (unpaired) electrons. The summed E-state index contributed by atoms with van der Waals surface area (Å²) in [6.07, 6.45) is 6.74. The first kappa shape index (κ1) is 19.6. The van der Waals surface area contributed by atoms with Crippen molar-refractivity contribution in [3.63, 3.8) is 0 Å². The molecule has 2 heterocycles. The van der Waals surface area contributed by atoms with E-state index in [1.54, 1.807) is 12.1 Å². The average molecular weight is 416 g/mol. The van der Waals surface area contributed by atoms with Crippen LogP contribution in [0.3, 0.4) is 0 Å². The van der Waals surface area contributed by atoms with Crippen LogP contribution in [0.1, 0.15) is 55.7 Å². The van der Waals surface area contributed by atoms with E-state index in [0.717, 1.165) is 30.4 Å². The molecule has 4 rings (SSSR count). The number of hydrogen-bond acceptors (Lipinski definition) is 5. The number of aromatic amines is 1. The molecule has 154 valence electrons. The highest BCUT2D eigenvalue weighted by Gasteiger charge is 2.24. The van der Waals surface area contributed by atoms with Crippen molar-refractivity contribution in [2.24, 2.45) is 0 Å². The van der Waals surface area contributed by atoms with Gasteiger partial charge >= 0.3 is 0 Å². The average Bonchev–Trinajstić information content (AvgIpc) is 3.29. The van der Waals surface area contributed by atoms with Crippen LogP contribution in [0.5, 0.6) is 0 Å². The molecule has 9 heteroatoms. The molecule has 1 aliphatic carbocycles. The van der Waals surface area contributed by atoms with E-state index in [9.17, 15) is 13.2 Å². The van der Waals surface area contributed by atoms with Crippen LogP contribution in [0.4, 0.5) is 5.69 Å². The molecule has 1 fully saturated rings. The maximum Gasteiger partial charge on any atom is 0.262 e. The van der Waals surface area contributed by atoms with Crippen molar-refractivity contribution in [2.45, 2.75) is 51.5 Å². The molecule has 2 N–H and O–H groups in total. The summed E-state index contributed by atoms with van der Waals surface area (Å²) in [5, 5.41) is 5.31. The number of nitrogens with zero attached hydrogens (tertiary/aromatic N) is 3. The molecule has 1 aromatic carbocycles. The van der Waals surface area contributed by atoms with Gasteiger partial charge in [0.05, 0.1) is 18.0 Å². The van der Waals surface area contributed by atoms with Crippen molar-refractivity contribution in [1.29, 1.82) is 0 Å². The van der Waals surface area contributed by atoms with Crippen molar-refractivity contribution in [2.75, 3.05) is 11.0 Å². The minimum atomic E-state index is -3.31. The summed E-state index contributed by atoms with van der Waals surface area (Å²) in [5.74, 6) is 0.577. The zero-order valence-corrected chi connectivity index (χ0v) is 17.4. The molecule has 0 bridgehead atoms. The number of anilines is 1. The third-order valence-corrected chi connectivity index (χ3v) is 5.92. The van der Waals surface area contributed by atoms with Crippen LogP contribution in [0.15, 0.2) is 29.1 Å². The molecular weight excluding hydrogens is 390 g/mol. The highest BCUT2D eigenvalue weighted by molar-refractivity contribution is 7.92. The maximum absolute atomic E-state index is 12.8. The van der Waals surface area contributed by atoms with Gasteiger partial charge in [0.1, 0.15) is 11.2 Å². The molecule has 0 spiro atoms. The molecule has 0 saturated heterocycles. The van der Waals surface area contributed by atoms with Crippen LogP contribution in [-0.2, 0) is 22.9 Å². The molecule has 1 aliphatic rings. The van der Waals surface area contributed by atoms with Crippen molar-refractivity contribution in [3.8, 4) is 0 Å². The van der Waals surface area contributed by atoms with E-state index in [1.165, 1.54) is 12.8 Å². The second-order valence-electron chi connectivity index (χ2n) is 7.64. The lowest BCUT2D eigenvalue weighted by atomic mass is 10.1. The predicted molar refractivity (Wildman–Crippen MR) is 113 cm³/mol. The van der Waals surface area contributed by atoms with Gasteiger partial charge in [-0.25, -0.2) is 18.1 Å². The fourth-order valence-corrected chi connectivity index (χ4v) is 4.56. The van der Waals surface area contributed by atoms with Crippen LogP contribution >= 0.6 is 0 Å². The minimum Gasteiger partial charge on any atom is -0.310 e. The number of aryl methyl sites for hydroxylation is 1. The normalized spacial score (nSPS) is 15.2. The number of benzene rings is 1. The third kappa shape index (κ3) is 4.19. The Labute approximate surface area is 169 Å². The van der Waals surface area contributed by atoms with Gasteiger partial charge in [0.25, 0.3) is 5.56 Å². The Morgan fingerprint density at radius 2 is 1.90 bits per heavy atom. The van der Waals surface area contributed by atoms with Gasteiger partial charge in [-0.1, -0.05) is 31.9 Å². The molecule has 0 atom stereocenters. The highest BCUT2D eigenvalue weighted by atomic mass is 32.2. The second kappa shape index (κ2) is 7.62. The molecule has 3 aromatic rings. The summed E-state index contributed by atoms with van der Waals surface area (Å²) in [4.78, 5) is 20.4. The number of nitrogens with one attached hydrogen (secondary N) is 2. The molecule has 1 saturated carbocycles. The number of H-pyrrole nitrogens is 1. The quantitative estimate of drug-likeness (QED) is 0.643. The fraction of sp³-hybridized carbons (Fsp3) is 0.450. The SMILES string of the molecule is CCc1nn(C2CCCC2)c2nc(Cc3ccc(NS(C)(=O)=O)cc3)[nH]c(=O)c12. The van der Waals surface area contributed by atoms with Crippen LogP contribution in [0.2, 0.25) is 0 Å². The zero-order valence-electron chi connectivity index (χ0n) is 16.6. The van der Waals surface area contributed by atoms with Crippen LogP contribution in [-0.4, -0.2) is 34.4 Å². The molecule has 0 unspecified atom stereocenters. The van der Waals surface area contributed by atoms with Gasteiger partial charge in [-0.3, -0.25) is 9.52 Å². The lowest BCUT2D eigenvalue weighted by Crippen LogP contribution is -2.15. The Kier molecular flexibility index (Phi) is 5.16. The van der Waals surface area contributed by atoms with Gasteiger partial charge in [0.15, 0.2) is 5.65 Å². The highest BCUT2D eigenvalue weighted by Crippen LogP contribution is 2.31. The Morgan fingerprint density at radius 1 is 1.21 bits per heavy atom. The number of sulfonamides is 1. The molecule has 8 nitrogen and oxygen atoms in total. The van der Waals surface area contributed by atoms with Crippen LogP contribution in [0.25, 0.3) is 11.0 Å². The van der Waals surface area contributed by atoms with Gasteiger partial charge in [-0.2, -0.15) is 5.10 Å². The Hall–Kier alpha value is -2.68. The molecule has 0 aliphatic heterocycles. The second-order valence-corrected chi connectivity index (χ2v) is 9.39. The topological polar surface area (TPSA) is 110 Å². The van der Waals surface area contributed by atoms with Gasteiger partial charge < -0.3 is 4.98 Å². The fourth-order valence-electron chi connectivity index (χ4n) is 3.99. The van der Waals surface area contributed by atoms with Crippen molar-refractivity contribution in [3.05, 3.63) is 51.7 Å². The number of fused-ring (bicyclic) bond motifs is 1. The summed E-state index contributed by atoms with van der Waals surface area (Å²) < 4.78 is 27.1. The first-order chi connectivity index (χ1) is 13.8. The van der Waals surface area contributed by atoms with Crippen LogP contribution < -0.4 is 10.3 Å². The van der Waals surface area contributed by atoms with Crippen LogP contribution in [0, 0.1) is 0 Å². The van der Waals surface area contributed by atoms with Crippen molar-refractivity contribution >= 4 is 26.7 Å². The summed E-state index contributed by atoms with van der Waals surface area (Å²) in [5.41, 5.74) is 2.74. The van der Waals surface area contributed by atoms with E-state index >= 15 is 0 Å². The van der Waals surface area contributed by atoms with Crippen molar-refractivity contribution < 1.29 is 8.42 Å². The van der Waals surface area contributed by atoms with E-state index in [4.69, 9.17) is 10.1 Å². The molecular formula is C20H25N5O3S. The Balaban J connectivity index is 1.67. The monoisotopic (exact) mass is 415 g/mol. The summed E-state index contributed by atoms with van der Waals surface area (Å²) in [6, 6.07) is 7.35. The summed E-state index contributed by atoms with van der Waals surface area (Å²) in [6.45, 7) is 2.00. The first-order valence-corrected chi connectivity index (χ1v) is 11.8. The van der Waals surface area contributed by atoms with Gasteiger partial charge in [-0.15, -0.1) is 0 Å². The molecule has 0 amide bonds. The lowest BCUT2D eigenvalue weighted by molar-refractivity contribution is 0.474. The van der Waals surface area contributed by atoms with E-state index in [2.05, 4.69) is 9.71 Å². The van der Waals surface area contributed by atoms with Gasteiger partial charge in [-0.05, 0) is 37.0 Å². The standard InChI is InChI=1S/C20H25N5O3S/c1-3-16-18-19(25(23-16)15-6-4-5-7-15)21-17(22-20(18)26)12-13-8-10-14(11-9-13)24-29(2,27)28/h8-11,15,24H,3-7,12H2,1-2H3,(H,21,22,26). The number of aromatic nitrogens is 4. The smallest absolute Gasteiger partial charge is 0.262 e. The summed E-state index contributed by atoms with van der Waals surface area (Å²) >= 11 is 0. The summed E-state index contributed by atoms with van der Waals surface area (Å²) in [7, 11) is -3.31. The molecule has 29 heavy (non-hydrogen) atoms. The lowest BCUT2D eigenvalue weighted by Gasteiger charge is -2.11. The van der Waals surface area contributed by atoms with E-state index in [0.29, 0.717) is 41.4 Å². The van der Waals surface area contributed by atoms with Gasteiger partial charge in [0, 0.05) is 12.1 Å². The van der Waals surface area contributed by atoms with Gasteiger partial charge in [0.2, 0.25) is 10.0 Å². The Morgan fingerprint density at radius 3 is 2.52 bits per heavy atom. The third-order valence-electron chi connectivity index (χ3n) is 5.32. The maximum atomic E-state index is 12.8. The number of rotatable bonds is 6. The Bertz CT molecular complexity index is 1190. The van der Waals surface area contributed by atoms with E-state index in [-0.39, 0.29) is 5.56 Å². The zero-order chi connectivity index (χ0) is 20.6. The molecule has 2 aromatic heterocycles. The van der Waals surface area contributed by atoms with Crippen molar-refractivity contribution in [1.82, 2.24) is 19.7 Å². The first-order valence-electron chi connectivity index (χ1n) is 9.91. The van der Waals surface area contributed by atoms with E-state index in [1.807, 2.05) is 23.7 Å².